The lowest BCUT2D eigenvalue weighted by molar-refractivity contribution is 0.563. The zero-order chi connectivity index (χ0) is 9.68. The molecule has 1 rings (SSSR count). The summed E-state index contributed by atoms with van der Waals surface area (Å²) in [6, 6.07) is 0.577. The Kier molecular flexibility index (Phi) is 4.14. The third-order valence-corrected chi connectivity index (χ3v) is 2.43. The van der Waals surface area contributed by atoms with Crippen molar-refractivity contribution in [3.8, 4) is 0 Å². The van der Waals surface area contributed by atoms with Crippen molar-refractivity contribution in [1.82, 2.24) is 4.90 Å². The Morgan fingerprint density at radius 2 is 2.31 bits per heavy atom. The first-order valence-corrected chi connectivity index (χ1v) is 5.15. The average molecular weight is 289 g/mol. The maximum Gasteiger partial charge on any atom is 0.108 e. The normalized spacial score (nSPS) is 17.5. The van der Waals surface area contributed by atoms with E-state index in [-0.39, 0.29) is 0 Å². The summed E-state index contributed by atoms with van der Waals surface area (Å²) in [5.74, 6) is 0. The van der Waals surface area contributed by atoms with Gasteiger partial charge in [-0.1, -0.05) is 12.7 Å². The van der Waals surface area contributed by atoms with E-state index in [0.29, 0.717) is 6.04 Å². The first-order chi connectivity index (χ1) is 6.27. The van der Waals surface area contributed by atoms with Crippen molar-refractivity contribution in [2.75, 3.05) is 0 Å². The number of nitrogens with zero attached hydrogens (tertiary/aromatic N) is 2. The van der Waals surface area contributed by atoms with Crippen molar-refractivity contribution < 1.29 is 0 Å². The van der Waals surface area contributed by atoms with Crippen LogP contribution in [0.5, 0.6) is 0 Å². The highest BCUT2D eigenvalue weighted by Gasteiger charge is 2.26. The van der Waals surface area contributed by atoms with Gasteiger partial charge in [0.2, 0.25) is 0 Å². The van der Waals surface area contributed by atoms with Crippen LogP contribution in [0.15, 0.2) is 27.4 Å². The van der Waals surface area contributed by atoms with Crippen molar-refractivity contribution in [2.24, 2.45) is 4.99 Å². The van der Waals surface area contributed by atoms with Crippen LogP contribution in [-0.4, -0.2) is 23.6 Å². The molecule has 0 unspecified atom stereocenters. The lowest BCUT2D eigenvalue weighted by atomic mass is 10.5. The van der Waals surface area contributed by atoms with Crippen molar-refractivity contribution >= 4 is 35.3 Å². The van der Waals surface area contributed by atoms with Crippen LogP contribution < -0.4 is 0 Å². The fourth-order valence-corrected chi connectivity index (χ4v) is 1.23. The fraction of sp³-hybridized carbons (Fsp3) is 0.333. The smallest absolute Gasteiger partial charge is 0.108 e. The molecule has 0 atom stereocenters. The predicted molar refractivity (Wildman–Crippen MR) is 64.4 cm³/mol. The van der Waals surface area contributed by atoms with Gasteiger partial charge in [-0.3, -0.25) is 5.41 Å². The molecular formula is C9H12IN3. The highest BCUT2D eigenvalue weighted by molar-refractivity contribution is 14.1. The maximum absolute atomic E-state index is 6.79. The summed E-state index contributed by atoms with van der Waals surface area (Å²) >= 11 is 2.22. The predicted octanol–water partition coefficient (Wildman–Crippen LogP) is 2.55. The molecule has 0 aromatic rings. The third-order valence-electron chi connectivity index (χ3n) is 1.71. The van der Waals surface area contributed by atoms with E-state index in [2.05, 4.69) is 34.2 Å². The number of hydrogen-bond donors (Lipinski definition) is 1. The summed E-state index contributed by atoms with van der Waals surface area (Å²) in [5, 5.41) is 6.79. The van der Waals surface area contributed by atoms with Gasteiger partial charge in [-0.2, -0.15) is 0 Å². The molecule has 13 heavy (non-hydrogen) atoms. The first-order valence-electron chi connectivity index (χ1n) is 4.07. The van der Waals surface area contributed by atoms with Crippen LogP contribution >= 0.6 is 22.6 Å². The molecule has 4 heteroatoms. The van der Waals surface area contributed by atoms with Gasteiger partial charge in [-0.15, -0.1) is 0 Å². The summed E-state index contributed by atoms with van der Waals surface area (Å²) in [6.45, 7) is 3.68. The van der Waals surface area contributed by atoms with Gasteiger partial charge in [0.15, 0.2) is 0 Å². The van der Waals surface area contributed by atoms with E-state index in [4.69, 9.17) is 5.41 Å². The van der Waals surface area contributed by atoms with E-state index in [1.165, 1.54) is 12.8 Å². The first kappa shape index (κ1) is 10.4. The second kappa shape index (κ2) is 5.16. The van der Waals surface area contributed by atoms with E-state index in [9.17, 15) is 0 Å². The molecule has 0 aromatic carbocycles. The van der Waals surface area contributed by atoms with Crippen molar-refractivity contribution in [1.29, 1.82) is 5.41 Å². The number of halogens is 1. The van der Waals surface area contributed by atoms with E-state index >= 15 is 0 Å². The van der Waals surface area contributed by atoms with Crippen LogP contribution in [0.2, 0.25) is 0 Å². The van der Waals surface area contributed by atoms with Gasteiger partial charge in [-0.05, 0) is 35.4 Å². The van der Waals surface area contributed by atoms with Gasteiger partial charge in [0.25, 0.3) is 0 Å². The molecule has 1 N–H and O–H groups in total. The van der Waals surface area contributed by atoms with Crippen LogP contribution in [-0.2, 0) is 0 Å². The van der Waals surface area contributed by atoms with Gasteiger partial charge >= 0.3 is 0 Å². The zero-order valence-electron chi connectivity index (χ0n) is 7.28. The molecule has 1 saturated carbocycles. The van der Waals surface area contributed by atoms with E-state index in [0.717, 1.165) is 9.92 Å². The monoisotopic (exact) mass is 289 g/mol. The Balaban J connectivity index is 2.61. The quantitative estimate of drug-likeness (QED) is 0.359. The number of aliphatic imine (C=N–C) groups is 1. The minimum absolute atomic E-state index is 0.577. The molecule has 1 aliphatic carbocycles. The lowest BCUT2D eigenvalue weighted by Crippen LogP contribution is -2.17. The number of rotatable bonds is 5. The Bertz CT molecular complexity index is 254. The number of hydrogen-bond acceptors (Lipinski definition) is 1. The Labute approximate surface area is 91.9 Å². The van der Waals surface area contributed by atoms with Crippen LogP contribution in [0.25, 0.3) is 0 Å². The van der Waals surface area contributed by atoms with E-state index in [1.54, 1.807) is 12.4 Å². The maximum atomic E-state index is 6.79. The molecule has 0 saturated heterocycles. The lowest BCUT2D eigenvalue weighted by Gasteiger charge is -2.12. The second-order valence-electron chi connectivity index (χ2n) is 2.79. The highest BCUT2D eigenvalue weighted by atomic mass is 127. The minimum Gasteiger partial charge on any atom is -0.335 e. The molecule has 0 bridgehead atoms. The summed E-state index contributed by atoms with van der Waals surface area (Å²) in [4.78, 5) is 5.82. The Hall–Kier alpha value is -0.650. The molecule has 0 radical (unpaired) electrons. The fourth-order valence-electron chi connectivity index (χ4n) is 0.911. The van der Waals surface area contributed by atoms with Crippen molar-refractivity contribution in [3.63, 3.8) is 0 Å². The average Bonchev–Trinajstić information content (AvgIpc) is 2.94. The van der Waals surface area contributed by atoms with Crippen molar-refractivity contribution in [3.05, 3.63) is 22.4 Å². The molecule has 1 fully saturated rings. The number of nitrogens with one attached hydrogen (secondary N) is 1. The highest BCUT2D eigenvalue weighted by Crippen LogP contribution is 2.27. The molecule has 70 valence electrons. The van der Waals surface area contributed by atoms with Crippen LogP contribution in [0, 0.1) is 5.41 Å². The van der Waals surface area contributed by atoms with Crippen LogP contribution in [0.3, 0.4) is 0 Å². The Morgan fingerprint density at radius 1 is 1.62 bits per heavy atom. The van der Waals surface area contributed by atoms with Crippen molar-refractivity contribution in [2.45, 2.75) is 18.9 Å². The standard InChI is InChI=1S/C9H12IN3/c1-2-8(10)5-13(7-12-6-11)9-3-4-9/h2,5-7,9,11H,1,3-4H2/b8-5+,11-6?,12-7?. The number of allylic oxidation sites excluding steroid dienone is 2. The molecule has 0 aromatic heterocycles. The van der Waals surface area contributed by atoms with E-state index in [1.807, 2.05) is 11.1 Å². The molecule has 0 spiro atoms. The van der Waals surface area contributed by atoms with Crippen LogP contribution in [0.1, 0.15) is 12.8 Å². The summed E-state index contributed by atoms with van der Waals surface area (Å²) in [5.41, 5.74) is 0. The SMILES string of the molecule is C=C/C(I)=C\N(C=NC=N)C1CC1. The topological polar surface area (TPSA) is 39.5 Å². The third kappa shape index (κ3) is 3.71. The molecule has 1 aliphatic rings. The zero-order valence-corrected chi connectivity index (χ0v) is 9.44. The molecule has 0 aliphatic heterocycles. The van der Waals surface area contributed by atoms with Gasteiger partial charge in [0.05, 0.1) is 6.34 Å². The van der Waals surface area contributed by atoms with Gasteiger partial charge in [-0.25, -0.2) is 4.99 Å². The van der Waals surface area contributed by atoms with Crippen LogP contribution in [0.4, 0.5) is 0 Å². The summed E-state index contributed by atoms with van der Waals surface area (Å²) in [7, 11) is 0. The molecule has 0 amide bonds. The van der Waals surface area contributed by atoms with Gasteiger partial charge in [0.1, 0.15) is 6.34 Å². The molecule has 0 heterocycles. The Morgan fingerprint density at radius 3 is 2.77 bits per heavy atom. The second-order valence-corrected chi connectivity index (χ2v) is 4.04. The largest absolute Gasteiger partial charge is 0.335 e. The van der Waals surface area contributed by atoms with Gasteiger partial charge < -0.3 is 4.90 Å². The molecular weight excluding hydrogens is 277 g/mol. The minimum atomic E-state index is 0.577. The molecule has 3 nitrogen and oxygen atoms in total. The van der Waals surface area contributed by atoms with Gasteiger partial charge in [0, 0.05) is 15.8 Å². The summed E-state index contributed by atoms with van der Waals surface area (Å²) in [6.07, 6.45) is 8.95. The van der Waals surface area contributed by atoms with E-state index < -0.39 is 0 Å². The summed E-state index contributed by atoms with van der Waals surface area (Å²) < 4.78 is 1.08.